The van der Waals surface area contributed by atoms with Crippen LogP contribution in [0.5, 0.6) is 11.6 Å². The lowest BCUT2D eigenvalue weighted by atomic mass is 9.72. The number of ether oxygens (including phenoxy) is 1. The van der Waals surface area contributed by atoms with Gasteiger partial charge < -0.3 is 4.74 Å². The summed E-state index contributed by atoms with van der Waals surface area (Å²) in [6, 6.07) is 27.0. The Balaban J connectivity index is 1.36. The van der Waals surface area contributed by atoms with E-state index in [4.69, 9.17) is 27.0 Å². The fourth-order valence-corrected chi connectivity index (χ4v) is 7.22. The first kappa shape index (κ1) is 22.0. The molecule has 0 bridgehead atoms. The molecule has 1 atom stereocenters. The molecule has 0 spiro atoms. The van der Waals surface area contributed by atoms with Gasteiger partial charge in [0.05, 0.1) is 27.8 Å². The Morgan fingerprint density at radius 3 is 2.38 bits per heavy atom. The second-order valence-corrected chi connectivity index (χ2v) is 14.0. The van der Waals surface area contributed by atoms with Crippen LogP contribution in [0.4, 0.5) is 0 Å². The van der Waals surface area contributed by atoms with E-state index in [9.17, 15) is 0 Å². The highest BCUT2D eigenvalue weighted by Gasteiger charge is 2.38. The van der Waals surface area contributed by atoms with E-state index in [-0.39, 0.29) is 40.0 Å². The fraction of sp³-hybridized carbons (Fsp3) is 0.209. The number of nitrogens with zero attached hydrogens (tertiary/aromatic N) is 6. The number of aromatic nitrogens is 6. The number of hydrogen-bond acceptors (Lipinski definition) is 5. The van der Waals surface area contributed by atoms with Crippen molar-refractivity contribution in [2.45, 2.75) is 59.1 Å². The van der Waals surface area contributed by atoms with Crippen LogP contribution in [0.25, 0.3) is 56.2 Å². The SMILES string of the molecule is [2H]C([2H])([2H])c1ccc(-c2c(C(C)(C)C)ccc3c2Oc2ncccc2C3(C)C([2H])([2H])[2H])cc1-c1nc(-n2c3ccccc3n3c4ccccc4nc23)ncc1C([2H])([2H])[2H]. The number of rotatable bonds is 3. The van der Waals surface area contributed by atoms with Crippen LogP contribution in [-0.4, -0.2) is 28.9 Å². The first-order valence-electron chi connectivity index (χ1n) is 20.9. The molecule has 9 rings (SSSR count). The smallest absolute Gasteiger partial charge is 0.237 e. The Morgan fingerprint density at radius 2 is 1.58 bits per heavy atom. The number of hydrogen-bond donors (Lipinski definition) is 0. The van der Waals surface area contributed by atoms with E-state index in [0.717, 1.165) is 22.1 Å². The summed E-state index contributed by atoms with van der Waals surface area (Å²) in [5.74, 6) is 0.983. The minimum Gasteiger partial charge on any atom is -0.438 e. The Hall–Kier alpha value is -5.82. The van der Waals surface area contributed by atoms with Crippen LogP contribution < -0.4 is 4.74 Å². The molecular formula is C43H38N6O. The Kier molecular flexibility index (Phi) is 4.66. The normalized spacial score (nSPS) is 19.2. The maximum absolute atomic E-state index is 8.79. The molecule has 8 aromatic rings. The third kappa shape index (κ3) is 4.35. The molecule has 7 heteroatoms. The summed E-state index contributed by atoms with van der Waals surface area (Å²) in [6.07, 6.45) is 2.77. The zero-order valence-electron chi connectivity index (χ0n) is 36.9. The summed E-state index contributed by atoms with van der Waals surface area (Å²) in [7, 11) is 0. The summed E-state index contributed by atoms with van der Waals surface area (Å²) in [4.78, 5) is 18.9. The molecule has 0 saturated heterocycles. The first-order valence-corrected chi connectivity index (χ1v) is 16.4. The van der Waals surface area contributed by atoms with E-state index in [2.05, 4.69) is 9.97 Å². The summed E-state index contributed by atoms with van der Waals surface area (Å²) >= 11 is 0. The number of imidazole rings is 2. The highest BCUT2D eigenvalue weighted by molar-refractivity contribution is 5.92. The zero-order valence-corrected chi connectivity index (χ0v) is 27.9. The Labute approximate surface area is 303 Å². The summed E-state index contributed by atoms with van der Waals surface area (Å²) in [5.41, 5.74) is 3.18. The van der Waals surface area contributed by atoms with Crippen molar-refractivity contribution >= 4 is 27.8 Å². The van der Waals surface area contributed by atoms with Crippen LogP contribution in [0.1, 0.15) is 74.7 Å². The van der Waals surface area contributed by atoms with Gasteiger partial charge in [-0.25, -0.2) is 24.5 Å². The zero-order chi connectivity index (χ0) is 42.0. The quantitative estimate of drug-likeness (QED) is 0.188. The van der Waals surface area contributed by atoms with Crippen molar-refractivity contribution in [1.29, 1.82) is 0 Å². The molecule has 1 aliphatic heterocycles. The lowest BCUT2D eigenvalue weighted by Crippen LogP contribution is -2.26. The molecule has 7 nitrogen and oxygen atoms in total. The minimum atomic E-state index is -2.76. The summed E-state index contributed by atoms with van der Waals surface area (Å²) < 4.78 is 88.5. The van der Waals surface area contributed by atoms with Gasteiger partial charge >= 0.3 is 0 Å². The molecule has 1 aliphatic rings. The number of fused-ring (bicyclic) bond motifs is 7. The Bertz CT molecular complexity index is 3010. The predicted molar refractivity (Wildman–Crippen MR) is 201 cm³/mol. The van der Waals surface area contributed by atoms with Crippen molar-refractivity contribution in [1.82, 2.24) is 28.9 Å². The van der Waals surface area contributed by atoms with Gasteiger partial charge in [0, 0.05) is 52.4 Å². The van der Waals surface area contributed by atoms with E-state index in [1.54, 1.807) is 41.8 Å². The van der Waals surface area contributed by atoms with Gasteiger partial charge in [0.2, 0.25) is 17.6 Å². The molecule has 0 radical (unpaired) electrons. The molecule has 0 fully saturated rings. The molecule has 1 unspecified atom stereocenters. The molecule has 0 aliphatic carbocycles. The number of benzene rings is 4. The highest BCUT2D eigenvalue weighted by atomic mass is 16.5. The monoisotopic (exact) mass is 663 g/mol. The van der Waals surface area contributed by atoms with Gasteiger partial charge in [-0.2, -0.15) is 0 Å². The standard InChI is InChI=1S/C43H38N6O/c1-25-18-19-27(36-29(42(3,4)5)20-21-30-38(36)50-39-31(43(30,6)7)13-12-22-44-39)23-28(25)37-26(2)24-45-40(47-37)49-35-17-11-10-16-34(35)48-33-15-9-8-14-32(33)46-41(48)49/h8-24H,1-7H3/i1D3,2D3,6D3. The second-order valence-electron chi connectivity index (χ2n) is 14.0. The van der Waals surface area contributed by atoms with Crippen molar-refractivity contribution in [3.8, 4) is 40.0 Å². The number of para-hydroxylation sites is 4. The topological polar surface area (TPSA) is 70.1 Å². The van der Waals surface area contributed by atoms with Crippen LogP contribution in [-0.2, 0) is 10.8 Å². The average Bonchev–Trinajstić information content (AvgIpc) is 3.70. The number of pyridine rings is 1. The average molecular weight is 664 g/mol. The minimum absolute atomic E-state index is 0.0450. The molecular weight excluding hydrogens is 617 g/mol. The van der Waals surface area contributed by atoms with E-state index in [0.29, 0.717) is 33.5 Å². The third-order valence-corrected chi connectivity index (χ3v) is 9.66. The van der Waals surface area contributed by atoms with Crippen LogP contribution in [0.15, 0.2) is 103 Å². The molecule has 4 aromatic carbocycles. The largest absolute Gasteiger partial charge is 0.438 e. The lowest BCUT2D eigenvalue weighted by molar-refractivity contribution is 0.401. The molecule has 0 amide bonds. The van der Waals surface area contributed by atoms with Gasteiger partial charge in [0.1, 0.15) is 5.75 Å². The second kappa shape index (κ2) is 10.6. The third-order valence-electron chi connectivity index (χ3n) is 9.66. The van der Waals surface area contributed by atoms with Gasteiger partial charge in [-0.1, -0.05) is 89.1 Å². The van der Waals surface area contributed by atoms with Crippen molar-refractivity contribution in [3.63, 3.8) is 0 Å². The van der Waals surface area contributed by atoms with Gasteiger partial charge in [-0.15, -0.1) is 0 Å². The van der Waals surface area contributed by atoms with Crippen molar-refractivity contribution in [3.05, 3.63) is 131 Å². The Morgan fingerprint density at radius 1 is 0.780 bits per heavy atom. The van der Waals surface area contributed by atoms with E-state index in [1.165, 1.54) is 18.5 Å². The summed E-state index contributed by atoms with van der Waals surface area (Å²) in [6.45, 7) is -0.298. The van der Waals surface area contributed by atoms with Crippen molar-refractivity contribution in [2.75, 3.05) is 0 Å². The molecule has 5 heterocycles. The highest BCUT2D eigenvalue weighted by Crippen LogP contribution is 2.53. The van der Waals surface area contributed by atoms with Crippen LogP contribution in [0.3, 0.4) is 0 Å². The first-order chi connectivity index (χ1) is 27.7. The molecule has 50 heavy (non-hydrogen) atoms. The number of aryl methyl sites for hydroxylation is 2. The molecule has 246 valence electrons. The van der Waals surface area contributed by atoms with Crippen molar-refractivity contribution < 1.29 is 17.1 Å². The van der Waals surface area contributed by atoms with Crippen molar-refractivity contribution in [2.24, 2.45) is 0 Å². The lowest BCUT2D eigenvalue weighted by Gasteiger charge is -2.36. The van der Waals surface area contributed by atoms with E-state index in [1.807, 2.05) is 79.8 Å². The van der Waals surface area contributed by atoms with Crippen LogP contribution >= 0.6 is 0 Å². The predicted octanol–water partition coefficient (Wildman–Crippen LogP) is 10.3. The van der Waals surface area contributed by atoms with Gasteiger partial charge in [0.25, 0.3) is 0 Å². The summed E-state index contributed by atoms with van der Waals surface area (Å²) in [5, 5.41) is 0. The van der Waals surface area contributed by atoms with Crippen LogP contribution in [0, 0.1) is 13.7 Å². The van der Waals surface area contributed by atoms with Gasteiger partial charge in [-0.05, 0) is 77.8 Å². The fourth-order valence-electron chi connectivity index (χ4n) is 7.22. The van der Waals surface area contributed by atoms with E-state index < -0.39 is 31.4 Å². The van der Waals surface area contributed by atoms with Gasteiger partial charge in [-0.3, -0.25) is 4.40 Å². The molecule has 4 aromatic heterocycles. The van der Waals surface area contributed by atoms with Gasteiger partial charge in [0.15, 0.2) is 0 Å². The van der Waals surface area contributed by atoms with E-state index >= 15 is 0 Å². The molecule has 0 saturated carbocycles. The molecule has 0 N–H and O–H groups in total. The maximum Gasteiger partial charge on any atom is 0.237 e. The van der Waals surface area contributed by atoms with Crippen LogP contribution in [0.2, 0.25) is 0 Å². The maximum atomic E-state index is 8.79.